The fourth-order valence-corrected chi connectivity index (χ4v) is 3.25. The molecule has 1 aliphatic heterocycles. The zero-order chi connectivity index (χ0) is 14.2. The van der Waals surface area contributed by atoms with Gasteiger partial charge in [-0.3, -0.25) is 24.5 Å². The van der Waals surface area contributed by atoms with Crippen molar-refractivity contribution in [1.29, 1.82) is 0 Å². The Labute approximate surface area is 110 Å². The molecule has 1 saturated heterocycles. The van der Waals surface area contributed by atoms with Crippen LogP contribution in [0.15, 0.2) is 15.8 Å². The molecule has 0 saturated carbocycles. The van der Waals surface area contributed by atoms with E-state index in [2.05, 4.69) is 0 Å². The van der Waals surface area contributed by atoms with Gasteiger partial charge in [-0.15, -0.1) is 11.8 Å². The van der Waals surface area contributed by atoms with Crippen molar-refractivity contribution in [2.24, 2.45) is 0 Å². The number of nitrogens with zero attached hydrogens (tertiary/aromatic N) is 2. The van der Waals surface area contributed by atoms with E-state index in [9.17, 15) is 24.8 Å². The second-order valence-electron chi connectivity index (χ2n) is 4.05. The molecule has 1 aliphatic rings. The maximum absolute atomic E-state index is 11.6. The van der Waals surface area contributed by atoms with Crippen LogP contribution in [-0.4, -0.2) is 42.6 Å². The first-order valence-electron chi connectivity index (χ1n) is 5.38. The molecule has 104 valence electrons. The minimum Gasteiger partial charge on any atom is -0.395 e. The Kier molecular flexibility index (Phi) is 3.73. The zero-order valence-corrected chi connectivity index (χ0v) is 10.4. The van der Waals surface area contributed by atoms with Gasteiger partial charge in [-0.1, -0.05) is 0 Å². The summed E-state index contributed by atoms with van der Waals surface area (Å²) in [7, 11) is 0. The Bertz CT molecular complexity index is 611. The molecule has 0 amide bonds. The molecular weight excluding hydrogens is 278 g/mol. The molecular formula is C9H11N3O6S. The van der Waals surface area contributed by atoms with E-state index >= 15 is 0 Å². The lowest BCUT2D eigenvalue weighted by atomic mass is 10.2. The molecule has 0 bridgehead atoms. The molecule has 0 aromatic carbocycles. The number of nitro groups is 1. The lowest BCUT2D eigenvalue weighted by Crippen LogP contribution is -2.32. The van der Waals surface area contributed by atoms with E-state index in [4.69, 9.17) is 5.11 Å². The number of H-pyrrole nitrogens is 1. The van der Waals surface area contributed by atoms with Crippen molar-refractivity contribution >= 4 is 17.4 Å². The van der Waals surface area contributed by atoms with Crippen molar-refractivity contribution in [2.75, 3.05) is 6.61 Å². The number of rotatable bonds is 3. The third-order valence-electron chi connectivity index (χ3n) is 2.84. The lowest BCUT2D eigenvalue weighted by molar-refractivity contribution is -0.386. The molecule has 3 atom stereocenters. The van der Waals surface area contributed by atoms with Gasteiger partial charge in [0, 0.05) is 6.42 Å². The van der Waals surface area contributed by atoms with Crippen molar-refractivity contribution in [2.45, 2.75) is 23.1 Å². The van der Waals surface area contributed by atoms with E-state index in [1.165, 1.54) is 0 Å². The van der Waals surface area contributed by atoms with E-state index in [0.29, 0.717) is 0 Å². The molecule has 2 heterocycles. The predicted molar refractivity (Wildman–Crippen MR) is 66.1 cm³/mol. The van der Waals surface area contributed by atoms with Gasteiger partial charge in [0.1, 0.15) is 0 Å². The van der Waals surface area contributed by atoms with Gasteiger partial charge in [0.2, 0.25) is 0 Å². The van der Waals surface area contributed by atoms with Crippen molar-refractivity contribution < 1.29 is 15.1 Å². The van der Waals surface area contributed by atoms with Crippen LogP contribution >= 0.6 is 11.8 Å². The Morgan fingerprint density at radius 2 is 2.26 bits per heavy atom. The largest absolute Gasteiger partial charge is 0.395 e. The minimum absolute atomic E-state index is 0.166. The first kappa shape index (κ1) is 13.8. The third kappa shape index (κ3) is 2.55. The van der Waals surface area contributed by atoms with Gasteiger partial charge in [-0.05, 0) is 0 Å². The smallest absolute Gasteiger partial charge is 0.350 e. The maximum Gasteiger partial charge on any atom is 0.350 e. The topological polar surface area (TPSA) is 138 Å². The summed E-state index contributed by atoms with van der Waals surface area (Å²) in [5, 5.41) is 28.3. The van der Waals surface area contributed by atoms with Crippen molar-refractivity contribution in [3.63, 3.8) is 0 Å². The first-order chi connectivity index (χ1) is 8.93. The Morgan fingerprint density at radius 3 is 2.79 bits per heavy atom. The highest BCUT2D eigenvalue weighted by Crippen LogP contribution is 2.40. The summed E-state index contributed by atoms with van der Waals surface area (Å²) < 4.78 is 1.00. The summed E-state index contributed by atoms with van der Waals surface area (Å²) >= 11 is 1.13. The highest BCUT2D eigenvalue weighted by atomic mass is 32.2. The molecule has 0 radical (unpaired) electrons. The summed E-state index contributed by atoms with van der Waals surface area (Å²) in [6.45, 7) is -0.261. The van der Waals surface area contributed by atoms with Crippen molar-refractivity contribution in [3.05, 3.63) is 37.1 Å². The van der Waals surface area contributed by atoms with Gasteiger partial charge in [0.15, 0.2) is 0 Å². The molecule has 10 heteroatoms. The van der Waals surface area contributed by atoms with E-state index in [1.54, 1.807) is 0 Å². The normalized spacial score (nSPS) is 26.5. The van der Waals surface area contributed by atoms with Gasteiger partial charge < -0.3 is 10.2 Å². The fourth-order valence-electron chi connectivity index (χ4n) is 1.87. The number of aromatic amines is 1. The Balaban J connectivity index is 2.41. The lowest BCUT2D eigenvalue weighted by Gasteiger charge is -2.11. The van der Waals surface area contributed by atoms with Gasteiger partial charge in [-0.25, -0.2) is 4.79 Å². The standard InChI is InChI=1S/C9H11N3O6S/c13-3-6-5(14)1-7(19-6)11-2-4(12(17)18)8(15)10-9(11)16/h2,5-7,13-14H,1,3H2,(H,10,15,16)/t5-,6+,7-/m0/s1. The predicted octanol–water partition coefficient (Wildman–Crippen LogP) is -1.20. The molecule has 1 fully saturated rings. The van der Waals surface area contributed by atoms with E-state index in [-0.39, 0.29) is 13.0 Å². The summed E-state index contributed by atoms with van der Waals surface area (Å²) in [5.74, 6) is 0. The SMILES string of the molecule is O=c1[nH]c(=O)n([C@@H]2C[C@H](O)[C@@H](CO)S2)cc1[N+](=O)[O-]. The van der Waals surface area contributed by atoms with Gasteiger partial charge >= 0.3 is 16.9 Å². The number of aliphatic hydroxyl groups is 2. The van der Waals surface area contributed by atoms with Crippen LogP contribution in [0.25, 0.3) is 0 Å². The van der Waals surface area contributed by atoms with E-state index in [1.807, 2.05) is 4.98 Å². The summed E-state index contributed by atoms with van der Waals surface area (Å²) in [6, 6.07) is 0. The molecule has 0 spiro atoms. The number of hydrogen-bond acceptors (Lipinski definition) is 7. The monoisotopic (exact) mass is 289 g/mol. The highest BCUT2D eigenvalue weighted by molar-refractivity contribution is 8.00. The van der Waals surface area contributed by atoms with E-state index < -0.39 is 38.6 Å². The zero-order valence-electron chi connectivity index (χ0n) is 9.55. The van der Waals surface area contributed by atoms with Crippen LogP contribution in [0.4, 0.5) is 5.69 Å². The molecule has 19 heavy (non-hydrogen) atoms. The molecule has 3 N–H and O–H groups in total. The number of thioether (sulfide) groups is 1. The quantitative estimate of drug-likeness (QED) is 0.469. The minimum atomic E-state index is -1.06. The molecule has 0 aliphatic carbocycles. The van der Waals surface area contributed by atoms with Gasteiger partial charge in [-0.2, -0.15) is 0 Å². The Hall–Kier alpha value is -1.65. The number of hydrogen-bond donors (Lipinski definition) is 3. The maximum atomic E-state index is 11.6. The summed E-state index contributed by atoms with van der Waals surface area (Å²) in [5.41, 5.74) is -2.57. The first-order valence-corrected chi connectivity index (χ1v) is 6.32. The summed E-state index contributed by atoms with van der Waals surface area (Å²) in [6.07, 6.45) is 0.225. The number of aliphatic hydroxyl groups excluding tert-OH is 2. The second kappa shape index (κ2) is 5.15. The van der Waals surface area contributed by atoms with Crippen LogP contribution in [0.3, 0.4) is 0 Å². The molecule has 1 aromatic rings. The van der Waals surface area contributed by atoms with Gasteiger partial charge in [0.25, 0.3) is 0 Å². The molecule has 2 rings (SSSR count). The fraction of sp³-hybridized carbons (Fsp3) is 0.556. The average molecular weight is 289 g/mol. The van der Waals surface area contributed by atoms with E-state index in [0.717, 1.165) is 22.5 Å². The third-order valence-corrected chi connectivity index (χ3v) is 4.39. The average Bonchev–Trinajstić information content (AvgIpc) is 2.69. The summed E-state index contributed by atoms with van der Waals surface area (Å²) in [4.78, 5) is 34.5. The van der Waals surface area contributed by atoms with Crippen LogP contribution < -0.4 is 11.2 Å². The van der Waals surface area contributed by atoms with Crippen LogP contribution in [-0.2, 0) is 0 Å². The van der Waals surface area contributed by atoms with Crippen molar-refractivity contribution in [3.8, 4) is 0 Å². The van der Waals surface area contributed by atoms with Crippen molar-refractivity contribution in [1.82, 2.24) is 9.55 Å². The molecule has 0 unspecified atom stereocenters. The van der Waals surface area contributed by atoms with Crippen LogP contribution in [0.2, 0.25) is 0 Å². The molecule has 1 aromatic heterocycles. The van der Waals surface area contributed by atoms with Crippen LogP contribution in [0, 0.1) is 10.1 Å². The molecule has 9 nitrogen and oxygen atoms in total. The van der Waals surface area contributed by atoms with Crippen LogP contribution in [0.5, 0.6) is 0 Å². The Morgan fingerprint density at radius 1 is 1.58 bits per heavy atom. The highest BCUT2D eigenvalue weighted by Gasteiger charge is 2.35. The number of aromatic nitrogens is 2. The van der Waals surface area contributed by atoms with Gasteiger partial charge in [0.05, 0.1) is 34.5 Å². The second-order valence-corrected chi connectivity index (χ2v) is 5.47. The van der Waals surface area contributed by atoms with Crippen LogP contribution in [0.1, 0.15) is 11.8 Å². The number of nitrogens with one attached hydrogen (secondary N) is 1.